The topological polar surface area (TPSA) is 55.1 Å². The predicted octanol–water partition coefficient (Wildman–Crippen LogP) is 1.98. The van der Waals surface area contributed by atoms with Crippen molar-refractivity contribution < 1.29 is 4.79 Å². The number of hydrogen-bond donors (Lipinski definition) is 2. The third-order valence-electron chi connectivity index (χ3n) is 3.33. The van der Waals surface area contributed by atoms with Gasteiger partial charge in [0.2, 0.25) is 5.91 Å². The summed E-state index contributed by atoms with van der Waals surface area (Å²) in [5.74, 6) is -0.0215. The van der Waals surface area contributed by atoms with E-state index in [0.29, 0.717) is 0 Å². The molecule has 1 rings (SSSR count). The van der Waals surface area contributed by atoms with Gasteiger partial charge in [-0.05, 0) is 39.0 Å². The molecule has 0 fully saturated rings. The van der Waals surface area contributed by atoms with E-state index in [0.717, 1.165) is 13.0 Å². The van der Waals surface area contributed by atoms with E-state index in [4.69, 9.17) is 5.73 Å². The van der Waals surface area contributed by atoms with Crippen LogP contribution in [0.4, 0.5) is 0 Å². The van der Waals surface area contributed by atoms with Crippen molar-refractivity contribution in [3.8, 4) is 0 Å². The fourth-order valence-corrected chi connectivity index (χ4v) is 1.88. The van der Waals surface area contributed by atoms with Crippen LogP contribution in [0.2, 0.25) is 0 Å². The summed E-state index contributed by atoms with van der Waals surface area (Å²) in [6.07, 6.45) is 8.36. The highest BCUT2D eigenvalue weighted by Gasteiger charge is 2.16. The van der Waals surface area contributed by atoms with E-state index in [9.17, 15) is 4.79 Å². The van der Waals surface area contributed by atoms with E-state index >= 15 is 0 Å². The molecule has 0 bridgehead atoms. The van der Waals surface area contributed by atoms with Gasteiger partial charge >= 0.3 is 0 Å². The Morgan fingerprint density at radius 3 is 2.81 bits per heavy atom. The zero-order chi connectivity index (χ0) is 12.0. The van der Waals surface area contributed by atoms with E-state index in [1.54, 1.807) is 0 Å². The molecule has 0 spiro atoms. The molecular formula is C13H24N2O. The van der Waals surface area contributed by atoms with Gasteiger partial charge in [-0.15, -0.1) is 0 Å². The summed E-state index contributed by atoms with van der Waals surface area (Å²) in [5, 5.41) is 2.95. The lowest BCUT2D eigenvalue weighted by atomic mass is 9.97. The summed E-state index contributed by atoms with van der Waals surface area (Å²) in [5.41, 5.74) is 7.18. The average molecular weight is 224 g/mol. The van der Waals surface area contributed by atoms with Crippen LogP contribution in [-0.2, 0) is 4.79 Å². The van der Waals surface area contributed by atoms with E-state index in [1.807, 2.05) is 13.8 Å². The molecule has 1 aliphatic carbocycles. The number of nitrogens with one attached hydrogen (secondary N) is 1. The molecule has 1 aliphatic rings. The molecule has 0 aromatic rings. The fraction of sp³-hybridized carbons (Fsp3) is 0.769. The van der Waals surface area contributed by atoms with Crippen molar-refractivity contribution in [1.29, 1.82) is 0 Å². The number of carbonyl (C=O) groups is 1. The van der Waals surface area contributed by atoms with E-state index in [2.05, 4.69) is 11.4 Å². The Morgan fingerprint density at radius 1 is 1.50 bits per heavy atom. The lowest BCUT2D eigenvalue weighted by molar-refractivity contribution is -0.124. The Bertz CT molecular complexity index is 259. The normalized spacial score (nSPS) is 19.8. The molecule has 16 heavy (non-hydrogen) atoms. The monoisotopic (exact) mass is 224 g/mol. The first-order chi connectivity index (χ1) is 7.61. The summed E-state index contributed by atoms with van der Waals surface area (Å²) < 4.78 is 0. The van der Waals surface area contributed by atoms with Crippen molar-refractivity contribution in [2.45, 2.75) is 52.0 Å². The maximum Gasteiger partial charge on any atom is 0.224 e. The van der Waals surface area contributed by atoms with Crippen LogP contribution in [0.25, 0.3) is 0 Å². The number of carbonyl (C=O) groups excluding carboxylic acids is 1. The van der Waals surface area contributed by atoms with Gasteiger partial charge in [0, 0.05) is 18.5 Å². The highest BCUT2D eigenvalue weighted by Crippen LogP contribution is 2.19. The summed E-state index contributed by atoms with van der Waals surface area (Å²) in [4.78, 5) is 11.6. The van der Waals surface area contributed by atoms with Gasteiger partial charge in [-0.3, -0.25) is 4.79 Å². The largest absolute Gasteiger partial charge is 0.356 e. The first kappa shape index (κ1) is 13.2. The number of amides is 1. The van der Waals surface area contributed by atoms with Crippen LogP contribution in [0.15, 0.2) is 11.6 Å². The Labute approximate surface area is 98.5 Å². The Balaban J connectivity index is 2.19. The van der Waals surface area contributed by atoms with Crippen molar-refractivity contribution in [3.05, 3.63) is 11.6 Å². The first-order valence-corrected chi connectivity index (χ1v) is 6.32. The Kier molecular flexibility index (Phi) is 5.53. The molecule has 0 aliphatic heterocycles. The molecule has 2 unspecified atom stereocenters. The van der Waals surface area contributed by atoms with Gasteiger partial charge in [-0.25, -0.2) is 0 Å². The Hall–Kier alpha value is -0.830. The number of nitrogens with two attached hydrogens (primary N) is 1. The van der Waals surface area contributed by atoms with Crippen molar-refractivity contribution in [1.82, 2.24) is 5.32 Å². The summed E-state index contributed by atoms with van der Waals surface area (Å²) >= 11 is 0. The minimum atomic E-state index is -0.0969. The molecular weight excluding hydrogens is 200 g/mol. The first-order valence-electron chi connectivity index (χ1n) is 6.32. The van der Waals surface area contributed by atoms with Crippen molar-refractivity contribution in [2.24, 2.45) is 11.7 Å². The molecule has 92 valence electrons. The highest BCUT2D eigenvalue weighted by molar-refractivity contribution is 5.78. The van der Waals surface area contributed by atoms with Crippen LogP contribution in [0, 0.1) is 5.92 Å². The zero-order valence-electron chi connectivity index (χ0n) is 10.5. The van der Waals surface area contributed by atoms with E-state index < -0.39 is 0 Å². The van der Waals surface area contributed by atoms with Gasteiger partial charge in [0.05, 0.1) is 0 Å². The molecule has 0 saturated heterocycles. The van der Waals surface area contributed by atoms with E-state index in [-0.39, 0.29) is 17.9 Å². The van der Waals surface area contributed by atoms with Crippen LogP contribution in [0.5, 0.6) is 0 Å². The van der Waals surface area contributed by atoms with Gasteiger partial charge in [-0.1, -0.05) is 18.6 Å². The number of hydrogen-bond acceptors (Lipinski definition) is 2. The third kappa shape index (κ3) is 4.35. The molecule has 3 nitrogen and oxygen atoms in total. The molecule has 1 amide bonds. The second kappa shape index (κ2) is 6.69. The SMILES string of the molecule is CC(N)C(C)C(=O)NCCC1=CCCCC1. The van der Waals surface area contributed by atoms with Gasteiger partial charge < -0.3 is 11.1 Å². The standard InChI is InChI=1S/C13H24N2O/c1-10(11(2)14)13(16)15-9-8-12-6-4-3-5-7-12/h6,10-11H,3-5,7-9,14H2,1-2H3,(H,15,16). The lowest BCUT2D eigenvalue weighted by Crippen LogP contribution is -2.39. The molecule has 0 saturated carbocycles. The van der Waals surface area contributed by atoms with Crippen LogP contribution in [0.1, 0.15) is 46.0 Å². The van der Waals surface area contributed by atoms with Crippen molar-refractivity contribution >= 4 is 5.91 Å². The second-order valence-corrected chi connectivity index (χ2v) is 4.80. The number of rotatable bonds is 5. The molecule has 0 heterocycles. The van der Waals surface area contributed by atoms with Crippen molar-refractivity contribution in [2.75, 3.05) is 6.54 Å². The van der Waals surface area contributed by atoms with Gasteiger partial charge in [0.15, 0.2) is 0 Å². The van der Waals surface area contributed by atoms with E-state index in [1.165, 1.54) is 31.3 Å². The minimum Gasteiger partial charge on any atom is -0.356 e. The molecule has 2 atom stereocenters. The fourth-order valence-electron chi connectivity index (χ4n) is 1.88. The maximum absolute atomic E-state index is 11.6. The molecule has 0 aromatic heterocycles. The predicted molar refractivity (Wildman–Crippen MR) is 67.0 cm³/mol. The van der Waals surface area contributed by atoms with Crippen molar-refractivity contribution in [3.63, 3.8) is 0 Å². The Morgan fingerprint density at radius 2 is 2.25 bits per heavy atom. The summed E-state index contributed by atoms with van der Waals surface area (Å²) in [7, 11) is 0. The van der Waals surface area contributed by atoms with Gasteiger partial charge in [0.1, 0.15) is 0 Å². The molecule has 0 aromatic carbocycles. The lowest BCUT2D eigenvalue weighted by Gasteiger charge is -2.16. The molecule has 3 N–H and O–H groups in total. The zero-order valence-corrected chi connectivity index (χ0v) is 10.5. The van der Waals surface area contributed by atoms with Crippen LogP contribution in [0.3, 0.4) is 0 Å². The molecule has 0 radical (unpaired) electrons. The van der Waals surface area contributed by atoms with Crippen LogP contribution >= 0.6 is 0 Å². The quantitative estimate of drug-likeness (QED) is 0.702. The van der Waals surface area contributed by atoms with Gasteiger partial charge in [-0.2, -0.15) is 0 Å². The maximum atomic E-state index is 11.6. The second-order valence-electron chi connectivity index (χ2n) is 4.80. The van der Waals surface area contributed by atoms with Gasteiger partial charge in [0.25, 0.3) is 0 Å². The minimum absolute atomic E-state index is 0.0751. The third-order valence-corrected chi connectivity index (χ3v) is 3.33. The summed E-state index contributed by atoms with van der Waals surface area (Å²) in [6.45, 7) is 4.50. The smallest absolute Gasteiger partial charge is 0.224 e. The summed E-state index contributed by atoms with van der Waals surface area (Å²) in [6, 6.07) is -0.0751. The van der Waals surface area contributed by atoms with Crippen LogP contribution in [-0.4, -0.2) is 18.5 Å². The highest BCUT2D eigenvalue weighted by atomic mass is 16.1. The molecule has 3 heteroatoms. The van der Waals surface area contributed by atoms with Crippen LogP contribution < -0.4 is 11.1 Å². The average Bonchev–Trinajstić information content (AvgIpc) is 2.29. The number of allylic oxidation sites excluding steroid dienone is 1.